The van der Waals surface area contributed by atoms with Crippen molar-refractivity contribution in [2.75, 3.05) is 9.80 Å². The highest BCUT2D eigenvalue weighted by Crippen LogP contribution is 2.66. The van der Waals surface area contributed by atoms with Crippen LogP contribution in [0.15, 0.2) is 176 Å². The van der Waals surface area contributed by atoms with Crippen LogP contribution in [0.1, 0.15) is 80.5 Å². The first-order chi connectivity index (χ1) is 30.0. The Morgan fingerprint density at radius 3 is 1.64 bits per heavy atom. The van der Waals surface area contributed by atoms with Crippen molar-refractivity contribution in [3.63, 3.8) is 0 Å². The summed E-state index contributed by atoms with van der Waals surface area (Å²) in [5, 5.41) is 2.62. The Balaban J connectivity index is 0.953. The molecule has 2 atom stereocenters. The zero-order valence-electron chi connectivity index (χ0n) is 35.3. The Morgan fingerprint density at radius 1 is 0.541 bits per heavy atom. The average Bonchev–Trinajstić information content (AvgIpc) is 3.68. The van der Waals surface area contributed by atoms with E-state index in [1.54, 1.807) is 5.56 Å². The number of unbranched alkanes of at least 4 members (excludes halogenated alkanes) is 1. The summed E-state index contributed by atoms with van der Waals surface area (Å²) in [5.74, 6) is 1.62. The van der Waals surface area contributed by atoms with Crippen molar-refractivity contribution in [1.29, 1.82) is 0 Å². The number of nitrogens with zero attached hydrogens (tertiary/aromatic N) is 2. The van der Waals surface area contributed by atoms with Gasteiger partial charge in [-0.3, -0.25) is 0 Å². The first kappa shape index (κ1) is 38.1. The van der Waals surface area contributed by atoms with Crippen LogP contribution in [0.5, 0.6) is 0 Å². The number of anilines is 6. The fourth-order valence-electron chi connectivity index (χ4n) is 12.1. The summed E-state index contributed by atoms with van der Waals surface area (Å²) in [5.41, 5.74) is 13.2. The van der Waals surface area contributed by atoms with E-state index in [0.29, 0.717) is 0 Å². The van der Waals surface area contributed by atoms with Crippen LogP contribution in [0.4, 0.5) is 34.1 Å². The molecule has 4 bridgehead atoms. The highest BCUT2D eigenvalue weighted by Gasteiger charge is 2.58. The Morgan fingerprint density at radius 2 is 1.03 bits per heavy atom. The molecule has 302 valence electrons. The lowest BCUT2D eigenvalue weighted by atomic mass is 9.42. The van der Waals surface area contributed by atoms with Gasteiger partial charge in [-0.1, -0.05) is 111 Å². The normalized spacial score (nSPS) is 21.5. The predicted molar refractivity (Wildman–Crippen MR) is 262 cm³/mol. The number of benzene rings is 7. The second kappa shape index (κ2) is 15.5. The number of fused-ring (bicyclic) bond motifs is 3. The van der Waals surface area contributed by atoms with E-state index in [1.165, 1.54) is 99.6 Å². The van der Waals surface area contributed by atoms with Crippen molar-refractivity contribution in [2.24, 2.45) is 11.8 Å². The van der Waals surface area contributed by atoms with Gasteiger partial charge in [0.1, 0.15) is 0 Å². The molecule has 61 heavy (non-hydrogen) atoms. The molecule has 0 spiro atoms. The van der Waals surface area contributed by atoms with Gasteiger partial charge in [0.2, 0.25) is 0 Å². The molecule has 0 amide bonds. The molecular formula is C58H54N2S. The van der Waals surface area contributed by atoms with Gasteiger partial charge in [0.15, 0.2) is 0 Å². The molecule has 1 heterocycles. The predicted octanol–water partition coefficient (Wildman–Crippen LogP) is 16.8. The lowest BCUT2D eigenvalue weighted by Crippen LogP contribution is -2.55. The van der Waals surface area contributed by atoms with Gasteiger partial charge in [0.05, 0.1) is 0 Å². The van der Waals surface area contributed by atoms with Crippen LogP contribution in [0.2, 0.25) is 0 Å². The summed E-state index contributed by atoms with van der Waals surface area (Å²) >= 11 is 1.87. The molecule has 0 aliphatic heterocycles. The lowest BCUT2D eigenvalue weighted by molar-refractivity contribution is -0.0281. The Labute approximate surface area is 365 Å². The third-order valence-electron chi connectivity index (χ3n) is 14.6. The number of thiophene rings is 1. The van der Waals surface area contributed by atoms with E-state index in [9.17, 15) is 0 Å². The van der Waals surface area contributed by atoms with Crippen LogP contribution in [0.3, 0.4) is 0 Å². The zero-order chi connectivity index (χ0) is 41.0. The monoisotopic (exact) mass is 810 g/mol. The van der Waals surface area contributed by atoms with Crippen molar-refractivity contribution < 1.29 is 0 Å². The molecule has 2 nitrogen and oxygen atoms in total. The average molecular weight is 811 g/mol. The van der Waals surface area contributed by atoms with Crippen molar-refractivity contribution in [3.05, 3.63) is 199 Å². The molecule has 2 unspecified atom stereocenters. The highest BCUT2D eigenvalue weighted by molar-refractivity contribution is 7.25. The van der Waals surface area contributed by atoms with E-state index < -0.39 is 0 Å². The van der Waals surface area contributed by atoms with Gasteiger partial charge in [0, 0.05) is 54.3 Å². The molecule has 0 saturated heterocycles. The van der Waals surface area contributed by atoms with E-state index in [1.807, 2.05) is 17.4 Å². The van der Waals surface area contributed by atoms with E-state index in [4.69, 9.17) is 0 Å². The minimum atomic E-state index is 0.242. The number of para-hydroxylation sites is 1. The van der Waals surface area contributed by atoms with E-state index in [2.05, 4.69) is 193 Å². The summed E-state index contributed by atoms with van der Waals surface area (Å²) in [4.78, 5) is 4.85. The quantitative estimate of drug-likeness (QED) is 0.121. The van der Waals surface area contributed by atoms with Gasteiger partial charge < -0.3 is 9.80 Å². The Bertz CT molecular complexity index is 2800. The van der Waals surface area contributed by atoms with Gasteiger partial charge in [-0.25, -0.2) is 0 Å². The standard InChI is InChI=1S/C58H54N2S/c1-3-5-11-42-18-24-48(25-19-42)59(49-26-22-46(23-27-49)58-38-43-34-44(39-58)37-57(36-43,40-58)45-20-16-41(4-2)17-21-45)50-28-30-51(31-29-50)60(47-12-7-6-8-13-47)52-32-33-56-54(35-52)53-14-9-10-15-55(53)61-56/h4,6-10,12-33,35,43-44H,2-3,5,11,34,36-40H2,1H3. The second-order valence-electron chi connectivity index (χ2n) is 18.5. The highest BCUT2D eigenvalue weighted by atomic mass is 32.1. The Hall–Kier alpha value is -5.90. The molecule has 0 N–H and O–H groups in total. The maximum atomic E-state index is 4.02. The lowest BCUT2D eigenvalue weighted by Gasteiger charge is -2.63. The fourth-order valence-corrected chi connectivity index (χ4v) is 13.2. The molecule has 4 fully saturated rings. The SMILES string of the molecule is C=Cc1ccc(C23CC4CC(C2)CC(c2ccc(N(c5ccc(CCCC)cc5)c5ccc(N(c6ccccc6)c6ccc7sc8ccccc8c7c6)cc5)cc2)(C4)C3)cc1. The first-order valence-electron chi connectivity index (χ1n) is 22.6. The topological polar surface area (TPSA) is 6.48 Å². The zero-order valence-corrected chi connectivity index (χ0v) is 36.1. The maximum absolute atomic E-state index is 4.02. The number of rotatable bonds is 12. The van der Waals surface area contributed by atoms with Crippen LogP contribution in [-0.4, -0.2) is 0 Å². The molecule has 3 heteroatoms. The van der Waals surface area contributed by atoms with Crippen LogP contribution in [0, 0.1) is 11.8 Å². The van der Waals surface area contributed by atoms with Crippen molar-refractivity contribution in [2.45, 2.75) is 75.5 Å². The number of hydrogen-bond donors (Lipinski definition) is 0. The van der Waals surface area contributed by atoms with Crippen molar-refractivity contribution in [1.82, 2.24) is 0 Å². The molecule has 4 aliphatic carbocycles. The van der Waals surface area contributed by atoms with E-state index >= 15 is 0 Å². The molecular weight excluding hydrogens is 757 g/mol. The van der Waals surface area contributed by atoms with Gasteiger partial charge in [0.25, 0.3) is 0 Å². The van der Waals surface area contributed by atoms with Crippen LogP contribution in [0.25, 0.3) is 26.2 Å². The van der Waals surface area contributed by atoms with E-state index in [0.717, 1.165) is 41.0 Å². The molecule has 12 rings (SSSR count). The van der Waals surface area contributed by atoms with E-state index in [-0.39, 0.29) is 10.8 Å². The van der Waals surface area contributed by atoms with Gasteiger partial charge >= 0.3 is 0 Å². The molecule has 4 saturated carbocycles. The minimum Gasteiger partial charge on any atom is -0.311 e. The van der Waals surface area contributed by atoms with Crippen LogP contribution < -0.4 is 9.80 Å². The van der Waals surface area contributed by atoms with Crippen LogP contribution >= 0.6 is 11.3 Å². The molecule has 0 radical (unpaired) electrons. The summed E-state index contributed by atoms with van der Waals surface area (Å²) in [6, 6.07) is 64.2. The summed E-state index contributed by atoms with van der Waals surface area (Å²) in [7, 11) is 0. The second-order valence-corrected chi connectivity index (χ2v) is 19.5. The van der Waals surface area contributed by atoms with Crippen molar-refractivity contribution in [3.8, 4) is 0 Å². The summed E-state index contributed by atoms with van der Waals surface area (Å²) in [6.45, 7) is 6.29. The third-order valence-corrected chi connectivity index (χ3v) is 15.7. The van der Waals surface area contributed by atoms with Gasteiger partial charge in [-0.2, -0.15) is 0 Å². The third kappa shape index (κ3) is 6.88. The minimum absolute atomic E-state index is 0.242. The Kier molecular flexibility index (Phi) is 9.69. The number of hydrogen-bond acceptors (Lipinski definition) is 3. The maximum Gasteiger partial charge on any atom is 0.0468 e. The summed E-state index contributed by atoms with van der Waals surface area (Å²) in [6.07, 6.45) is 13.5. The fraction of sp³-hybridized carbons (Fsp3) is 0.241. The largest absolute Gasteiger partial charge is 0.311 e. The molecule has 1 aromatic heterocycles. The first-order valence-corrected chi connectivity index (χ1v) is 23.4. The van der Waals surface area contributed by atoms with Crippen LogP contribution in [-0.2, 0) is 17.3 Å². The summed E-state index contributed by atoms with van der Waals surface area (Å²) < 4.78 is 2.64. The van der Waals surface area contributed by atoms with Gasteiger partial charge in [-0.05, 0) is 181 Å². The van der Waals surface area contributed by atoms with Gasteiger partial charge in [-0.15, -0.1) is 11.3 Å². The molecule has 7 aromatic carbocycles. The number of aryl methyl sites for hydroxylation is 1. The van der Waals surface area contributed by atoms with Crippen molar-refractivity contribution >= 4 is 71.7 Å². The molecule has 4 aliphatic rings. The smallest absolute Gasteiger partial charge is 0.0468 e. The molecule has 8 aromatic rings.